The van der Waals surface area contributed by atoms with Gasteiger partial charge in [0.1, 0.15) is 5.54 Å². The van der Waals surface area contributed by atoms with Crippen molar-refractivity contribution in [2.24, 2.45) is 5.92 Å². The van der Waals surface area contributed by atoms with E-state index < -0.39 is 11.5 Å². The van der Waals surface area contributed by atoms with Gasteiger partial charge in [-0.25, -0.2) is 0 Å². The zero-order valence-electron chi connectivity index (χ0n) is 9.21. The van der Waals surface area contributed by atoms with Gasteiger partial charge in [-0.15, -0.1) is 0 Å². The minimum atomic E-state index is -0.708. The lowest BCUT2D eigenvalue weighted by atomic mass is 9.79. The molecular formula is C10H20N2O2. The maximum absolute atomic E-state index is 11.3. The number of aliphatic carboxylic acids is 1. The molecule has 2 N–H and O–H groups in total. The third kappa shape index (κ3) is 1.91. The molecule has 4 heteroatoms. The van der Waals surface area contributed by atoms with Gasteiger partial charge in [-0.05, 0) is 25.9 Å². The lowest BCUT2D eigenvalue weighted by molar-refractivity contribution is -0.149. The number of nitrogens with one attached hydrogen (secondary N) is 1. The summed E-state index contributed by atoms with van der Waals surface area (Å²) in [6, 6.07) is 0. The number of nitrogens with zero attached hydrogens (tertiary/aromatic N) is 1. The predicted octanol–water partition coefficient (Wildman–Crippen LogP) is 0.391. The summed E-state index contributed by atoms with van der Waals surface area (Å²) in [4.78, 5) is 13.5. The topological polar surface area (TPSA) is 52.6 Å². The van der Waals surface area contributed by atoms with Gasteiger partial charge in [-0.1, -0.05) is 13.8 Å². The quantitative estimate of drug-likeness (QED) is 0.692. The Kier molecular flexibility index (Phi) is 3.50. The van der Waals surface area contributed by atoms with Gasteiger partial charge in [0, 0.05) is 13.1 Å². The van der Waals surface area contributed by atoms with Gasteiger partial charge in [0.05, 0.1) is 0 Å². The first-order chi connectivity index (χ1) is 6.53. The number of likely N-dealkylation sites (tertiary alicyclic amines) is 1. The summed E-state index contributed by atoms with van der Waals surface area (Å²) in [5.74, 6) is -0.557. The molecular weight excluding hydrogens is 180 g/mol. The summed E-state index contributed by atoms with van der Waals surface area (Å²) >= 11 is 0. The Morgan fingerprint density at radius 1 is 1.71 bits per heavy atom. The van der Waals surface area contributed by atoms with Gasteiger partial charge in [0.25, 0.3) is 0 Å². The highest BCUT2D eigenvalue weighted by Crippen LogP contribution is 2.27. The van der Waals surface area contributed by atoms with E-state index >= 15 is 0 Å². The molecule has 0 bridgehead atoms. The van der Waals surface area contributed by atoms with Crippen molar-refractivity contribution in [2.75, 3.05) is 26.7 Å². The van der Waals surface area contributed by atoms with E-state index in [2.05, 4.69) is 10.2 Å². The van der Waals surface area contributed by atoms with E-state index in [1.54, 1.807) is 0 Å². The van der Waals surface area contributed by atoms with Gasteiger partial charge in [-0.2, -0.15) is 0 Å². The molecule has 0 amide bonds. The SMILES string of the molecule is CCNC1(C(=O)O)CCN(C)CC1C. The zero-order valence-corrected chi connectivity index (χ0v) is 9.21. The van der Waals surface area contributed by atoms with E-state index in [0.717, 1.165) is 13.1 Å². The van der Waals surface area contributed by atoms with Gasteiger partial charge < -0.3 is 15.3 Å². The number of carboxylic acid groups (broad SMARTS) is 1. The van der Waals surface area contributed by atoms with Crippen molar-refractivity contribution in [3.63, 3.8) is 0 Å². The second kappa shape index (κ2) is 4.28. The highest BCUT2D eigenvalue weighted by atomic mass is 16.4. The molecule has 14 heavy (non-hydrogen) atoms. The van der Waals surface area contributed by atoms with Crippen LogP contribution < -0.4 is 5.32 Å². The Balaban J connectivity index is 2.81. The van der Waals surface area contributed by atoms with E-state index in [0.29, 0.717) is 13.0 Å². The van der Waals surface area contributed by atoms with Gasteiger partial charge in [0.15, 0.2) is 0 Å². The molecule has 1 aliphatic rings. The van der Waals surface area contributed by atoms with Crippen LogP contribution in [0.5, 0.6) is 0 Å². The highest BCUT2D eigenvalue weighted by Gasteiger charge is 2.45. The summed E-state index contributed by atoms with van der Waals surface area (Å²) in [5.41, 5.74) is -0.707. The van der Waals surface area contributed by atoms with Crippen molar-refractivity contribution in [3.05, 3.63) is 0 Å². The molecule has 2 atom stereocenters. The lowest BCUT2D eigenvalue weighted by Gasteiger charge is -2.43. The van der Waals surface area contributed by atoms with Crippen LogP contribution >= 0.6 is 0 Å². The van der Waals surface area contributed by atoms with E-state index in [1.165, 1.54) is 0 Å². The molecule has 0 aliphatic carbocycles. The van der Waals surface area contributed by atoms with Crippen LogP contribution in [0.1, 0.15) is 20.3 Å². The first-order valence-corrected chi connectivity index (χ1v) is 5.20. The minimum absolute atomic E-state index is 0.152. The molecule has 2 unspecified atom stereocenters. The molecule has 0 spiro atoms. The van der Waals surface area contributed by atoms with Crippen molar-refractivity contribution in [2.45, 2.75) is 25.8 Å². The smallest absolute Gasteiger partial charge is 0.324 e. The molecule has 0 radical (unpaired) electrons. The van der Waals surface area contributed by atoms with Crippen LogP contribution in [0.2, 0.25) is 0 Å². The van der Waals surface area contributed by atoms with Gasteiger partial charge in [-0.3, -0.25) is 4.79 Å². The second-order valence-electron chi connectivity index (χ2n) is 4.22. The van der Waals surface area contributed by atoms with Crippen molar-refractivity contribution in [1.82, 2.24) is 10.2 Å². The standard InChI is InChI=1S/C10H20N2O2/c1-4-11-10(9(13)14)5-6-12(3)7-8(10)2/h8,11H,4-7H2,1-3H3,(H,13,14). The number of piperidine rings is 1. The Labute approximate surface area is 85.3 Å². The Morgan fingerprint density at radius 3 is 2.79 bits per heavy atom. The van der Waals surface area contributed by atoms with Gasteiger partial charge >= 0.3 is 5.97 Å². The molecule has 0 aromatic carbocycles. The highest BCUT2D eigenvalue weighted by molar-refractivity contribution is 5.79. The van der Waals surface area contributed by atoms with Crippen LogP contribution in [-0.2, 0) is 4.79 Å². The first-order valence-electron chi connectivity index (χ1n) is 5.20. The number of hydrogen-bond acceptors (Lipinski definition) is 3. The third-order valence-electron chi connectivity index (χ3n) is 3.19. The molecule has 1 saturated heterocycles. The maximum atomic E-state index is 11.3. The Hall–Kier alpha value is -0.610. The predicted molar refractivity (Wildman–Crippen MR) is 55.3 cm³/mol. The normalized spacial score (nSPS) is 34.4. The Morgan fingerprint density at radius 2 is 2.36 bits per heavy atom. The minimum Gasteiger partial charge on any atom is -0.480 e. The van der Waals surface area contributed by atoms with E-state index in [9.17, 15) is 9.90 Å². The number of likely N-dealkylation sites (N-methyl/N-ethyl adjacent to an activating group) is 1. The molecule has 0 aromatic rings. The summed E-state index contributed by atoms with van der Waals surface area (Å²) in [6.45, 7) is 6.37. The fourth-order valence-corrected chi connectivity index (χ4v) is 2.30. The monoisotopic (exact) mass is 200 g/mol. The number of rotatable bonds is 3. The Bertz CT molecular complexity index is 220. The number of carboxylic acids is 1. The lowest BCUT2D eigenvalue weighted by Crippen LogP contribution is -2.62. The summed E-state index contributed by atoms with van der Waals surface area (Å²) < 4.78 is 0. The molecule has 82 valence electrons. The van der Waals surface area contributed by atoms with E-state index in [-0.39, 0.29) is 5.92 Å². The van der Waals surface area contributed by atoms with Crippen LogP contribution in [0, 0.1) is 5.92 Å². The molecule has 1 heterocycles. The average Bonchev–Trinajstić information content (AvgIpc) is 2.10. The fourth-order valence-electron chi connectivity index (χ4n) is 2.30. The largest absolute Gasteiger partial charge is 0.480 e. The molecule has 0 saturated carbocycles. The van der Waals surface area contributed by atoms with Crippen molar-refractivity contribution < 1.29 is 9.90 Å². The zero-order chi connectivity index (χ0) is 10.8. The second-order valence-corrected chi connectivity index (χ2v) is 4.22. The van der Waals surface area contributed by atoms with Crippen LogP contribution in [0.15, 0.2) is 0 Å². The molecule has 4 nitrogen and oxygen atoms in total. The van der Waals surface area contributed by atoms with Crippen LogP contribution in [-0.4, -0.2) is 48.2 Å². The van der Waals surface area contributed by atoms with Crippen LogP contribution in [0.4, 0.5) is 0 Å². The summed E-state index contributed by atoms with van der Waals surface area (Å²) in [7, 11) is 2.04. The molecule has 1 fully saturated rings. The number of hydrogen-bond donors (Lipinski definition) is 2. The maximum Gasteiger partial charge on any atom is 0.324 e. The van der Waals surface area contributed by atoms with Crippen molar-refractivity contribution in [3.8, 4) is 0 Å². The average molecular weight is 200 g/mol. The fraction of sp³-hybridized carbons (Fsp3) is 0.900. The molecule has 1 rings (SSSR count). The van der Waals surface area contributed by atoms with E-state index in [1.807, 2.05) is 20.9 Å². The summed E-state index contributed by atoms with van der Waals surface area (Å²) in [5, 5.41) is 12.4. The van der Waals surface area contributed by atoms with Gasteiger partial charge in [0.2, 0.25) is 0 Å². The summed E-state index contributed by atoms with van der Waals surface area (Å²) in [6.07, 6.45) is 0.688. The first kappa shape index (κ1) is 11.5. The number of carbonyl (C=O) groups is 1. The molecule has 0 aromatic heterocycles. The van der Waals surface area contributed by atoms with Crippen LogP contribution in [0.25, 0.3) is 0 Å². The third-order valence-corrected chi connectivity index (χ3v) is 3.19. The molecule has 1 aliphatic heterocycles. The van der Waals surface area contributed by atoms with E-state index in [4.69, 9.17) is 0 Å². The van der Waals surface area contributed by atoms with Crippen molar-refractivity contribution in [1.29, 1.82) is 0 Å². The van der Waals surface area contributed by atoms with Crippen molar-refractivity contribution >= 4 is 5.97 Å². The van der Waals surface area contributed by atoms with Crippen LogP contribution in [0.3, 0.4) is 0 Å².